The molecule has 2 atom stereocenters. The Morgan fingerprint density at radius 3 is 2.12 bits per heavy atom. The molecule has 1 N–H and O–H groups in total. The number of benzene rings is 1. The van der Waals surface area contributed by atoms with Gasteiger partial charge < -0.3 is 10.1 Å². The third-order valence-electron chi connectivity index (χ3n) is 3.80. The Hall–Kier alpha value is -1.15. The van der Waals surface area contributed by atoms with Gasteiger partial charge in [0.05, 0.1) is 12.2 Å². The molecule has 24 heavy (non-hydrogen) atoms. The molecule has 0 fully saturated rings. The maximum absolute atomic E-state index is 8.17. The van der Waals surface area contributed by atoms with Crippen molar-refractivity contribution in [1.29, 1.82) is 5.41 Å². The predicted octanol–water partition coefficient (Wildman–Crippen LogP) is 7.18. The van der Waals surface area contributed by atoms with Crippen LogP contribution >= 0.6 is 0 Å². The minimum Gasteiger partial charge on any atom is -0.376 e. The first-order valence-electron chi connectivity index (χ1n) is 9.83. The second kappa shape index (κ2) is 16.7. The minimum atomic E-state index is 0.331. The summed E-state index contributed by atoms with van der Waals surface area (Å²) in [5.41, 5.74) is 3.06. The molecule has 2 heteroatoms. The van der Waals surface area contributed by atoms with E-state index in [0.717, 1.165) is 43.4 Å². The summed E-state index contributed by atoms with van der Waals surface area (Å²) in [5, 5.41) is 8.17. The van der Waals surface area contributed by atoms with Crippen molar-refractivity contribution in [1.82, 2.24) is 0 Å². The van der Waals surface area contributed by atoms with E-state index in [1.807, 2.05) is 45.9 Å². The van der Waals surface area contributed by atoms with E-state index in [1.165, 1.54) is 5.56 Å². The molecule has 1 aromatic rings. The van der Waals surface area contributed by atoms with Crippen molar-refractivity contribution in [2.75, 3.05) is 0 Å². The highest BCUT2D eigenvalue weighted by atomic mass is 16.5. The van der Waals surface area contributed by atoms with Crippen molar-refractivity contribution in [2.24, 2.45) is 0 Å². The molecule has 0 amide bonds. The molecule has 0 aliphatic carbocycles. The average molecular weight is 336 g/mol. The van der Waals surface area contributed by atoms with E-state index < -0.39 is 0 Å². The monoisotopic (exact) mass is 335 g/mol. The lowest BCUT2D eigenvalue weighted by Crippen LogP contribution is -2.16. The van der Waals surface area contributed by atoms with E-state index in [1.54, 1.807) is 0 Å². The normalized spacial score (nSPS) is 12.2. The third kappa shape index (κ3) is 11.4. The third-order valence-corrected chi connectivity index (χ3v) is 3.80. The van der Waals surface area contributed by atoms with Gasteiger partial charge >= 0.3 is 0 Å². The Labute approximate surface area is 151 Å². The predicted molar refractivity (Wildman–Crippen MR) is 109 cm³/mol. The second-order valence-corrected chi connectivity index (χ2v) is 5.70. The highest BCUT2D eigenvalue weighted by molar-refractivity contribution is 5.99. The Bertz CT molecular complexity index is 414. The maximum atomic E-state index is 8.17. The Balaban J connectivity index is 0. The van der Waals surface area contributed by atoms with Crippen molar-refractivity contribution in [2.45, 2.75) is 99.7 Å². The summed E-state index contributed by atoms with van der Waals surface area (Å²) in [5.74, 6) is 0. The molecule has 2 nitrogen and oxygen atoms in total. The van der Waals surface area contributed by atoms with Crippen molar-refractivity contribution < 1.29 is 4.74 Å². The number of nitrogens with one attached hydrogen (secondary N) is 1. The quantitative estimate of drug-likeness (QED) is 0.376. The molecule has 1 aromatic carbocycles. The second-order valence-electron chi connectivity index (χ2n) is 5.70. The first-order chi connectivity index (χ1) is 11.5. The summed E-state index contributed by atoms with van der Waals surface area (Å²) in [6.45, 7) is 16.5. The van der Waals surface area contributed by atoms with Crippen LogP contribution in [0.3, 0.4) is 0 Å². The molecule has 0 unspecified atom stereocenters. The molecule has 0 saturated carbocycles. The lowest BCUT2D eigenvalue weighted by atomic mass is 9.99. The van der Waals surface area contributed by atoms with Gasteiger partial charge in [-0.05, 0) is 57.6 Å². The molecule has 0 aliphatic rings. The molecule has 0 bridgehead atoms. The standard InChI is InChI=1S/C18H29NO.2C2H6/c1-5-15(3)20-16(4)11-7-9-13-18(19)17-12-8-6-10-14(17)2;2*1-2/h6,8,10,12,15-16,19H,5,7,9,11,13H2,1-4H3;2*1-2H3/t15-,16+;;/m1../s1. The summed E-state index contributed by atoms with van der Waals surface area (Å²) in [4.78, 5) is 0. The molecule has 0 spiro atoms. The molecule has 140 valence electrons. The summed E-state index contributed by atoms with van der Waals surface area (Å²) in [6.07, 6.45) is 5.91. The number of hydrogen-bond acceptors (Lipinski definition) is 2. The fourth-order valence-corrected chi connectivity index (χ4v) is 2.34. The molecule has 1 rings (SSSR count). The Morgan fingerprint density at radius 1 is 1.00 bits per heavy atom. The maximum Gasteiger partial charge on any atom is 0.0550 e. The van der Waals surface area contributed by atoms with Crippen LogP contribution in [0.15, 0.2) is 24.3 Å². The lowest BCUT2D eigenvalue weighted by molar-refractivity contribution is 0.00148. The van der Waals surface area contributed by atoms with E-state index in [2.05, 4.69) is 33.8 Å². The van der Waals surface area contributed by atoms with Crippen LogP contribution in [-0.4, -0.2) is 17.9 Å². The van der Waals surface area contributed by atoms with Gasteiger partial charge in [0.25, 0.3) is 0 Å². The zero-order chi connectivity index (χ0) is 19.0. The van der Waals surface area contributed by atoms with Crippen LogP contribution in [0.2, 0.25) is 0 Å². The summed E-state index contributed by atoms with van der Waals surface area (Å²) < 4.78 is 5.86. The van der Waals surface area contributed by atoms with Gasteiger partial charge in [0.1, 0.15) is 0 Å². The highest BCUT2D eigenvalue weighted by Crippen LogP contribution is 2.14. The van der Waals surface area contributed by atoms with E-state index >= 15 is 0 Å². The van der Waals surface area contributed by atoms with E-state index in [9.17, 15) is 0 Å². The fourth-order valence-electron chi connectivity index (χ4n) is 2.34. The van der Waals surface area contributed by atoms with Crippen molar-refractivity contribution in [3.63, 3.8) is 0 Å². The van der Waals surface area contributed by atoms with Gasteiger partial charge in [-0.1, -0.05) is 65.3 Å². The smallest absolute Gasteiger partial charge is 0.0550 e. The molecule has 0 heterocycles. The van der Waals surface area contributed by atoms with E-state index in [-0.39, 0.29) is 0 Å². The van der Waals surface area contributed by atoms with Crippen molar-refractivity contribution in [3.05, 3.63) is 35.4 Å². The first kappa shape index (κ1) is 25.1. The van der Waals surface area contributed by atoms with Gasteiger partial charge in [-0.15, -0.1) is 0 Å². The minimum absolute atomic E-state index is 0.331. The van der Waals surface area contributed by atoms with Crippen LogP contribution in [-0.2, 0) is 4.74 Å². The van der Waals surface area contributed by atoms with Gasteiger partial charge in [0.2, 0.25) is 0 Å². The topological polar surface area (TPSA) is 33.1 Å². The number of rotatable bonds is 9. The first-order valence-corrected chi connectivity index (χ1v) is 9.83. The van der Waals surface area contributed by atoms with Crippen LogP contribution in [0.4, 0.5) is 0 Å². The van der Waals surface area contributed by atoms with Crippen LogP contribution in [0.5, 0.6) is 0 Å². The fraction of sp³-hybridized carbons (Fsp3) is 0.682. The largest absolute Gasteiger partial charge is 0.376 e. The molecule has 0 radical (unpaired) electrons. The summed E-state index contributed by atoms with van der Waals surface area (Å²) >= 11 is 0. The molecule has 0 saturated heterocycles. The number of ether oxygens (including phenoxy) is 1. The van der Waals surface area contributed by atoms with Gasteiger partial charge in [0, 0.05) is 5.71 Å². The lowest BCUT2D eigenvalue weighted by Gasteiger charge is -2.17. The number of hydrogen-bond donors (Lipinski definition) is 1. The number of aryl methyl sites for hydroxylation is 1. The number of unbranched alkanes of at least 4 members (excludes halogenated alkanes) is 1. The van der Waals surface area contributed by atoms with Gasteiger partial charge in [-0.25, -0.2) is 0 Å². The van der Waals surface area contributed by atoms with Gasteiger partial charge in [0.15, 0.2) is 0 Å². The average Bonchev–Trinajstić information content (AvgIpc) is 2.62. The molecular weight excluding hydrogens is 294 g/mol. The van der Waals surface area contributed by atoms with Gasteiger partial charge in [-0.3, -0.25) is 0 Å². The zero-order valence-electron chi connectivity index (χ0n) is 17.4. The van der Waals surface area contributed by atoms with Crippen molar-refractivity contribution >= 4 is 5.71 Å². The molecular formula is C22H41NO. The molecule has 0 aromatic heterocycles. The summed E-state index contributed by atoms with van der Waals surface area (Å²) in [6, 6.07) is 8.16. The van der Waals surface area contributed by atoms with Crippen LogP contribution in [0.1, 0.15) is 91.7 Å². The van der Waals surface area contributed by atoms with Crippen LogP contribution in [0, 0.1) is 12.3 Å². The van der Waals surface area contributed by atoms with Crippen LogP contribution < -0.4 is 0 Å². The molecule has 0 aliphatic heterocycles. The Kier molecular flexibility index (Phi) is 17.5. The van der Waals surface area contributed by atoms with E-state index in [0.29, 0.717) is 12.2 Å². The van der Waals surface area contributed by atoms with Crippen LogP contribution in [0.25, 0.3) is 0 Å². The van der Waals surface area contributed by atoms with Gasteiger partial charge in [-0.2, -0.15) is 0 Å². The zero-order valence-corrected chi connectivity index (χ0v) is 17.4. The highest BCUT2D eigenvalue weighted by Gasteiger charge is 2.08. The SMILES string of the molecule is CC.CC.CC[C@@H](C)O[C@@H](C)CCCCC(=N)c1ccccc1C. The van der Waals surface area contributed by atoms with Crippen molar-refractivity contribution in [3.8, 4) is 0 Å². The summed E-state index contributed by atoms with van der Waals surface area (Å²) in [7, 11) is 0. The Morgan fingerprint density at radius 2 is 1.58 bits per heavy atom. The van der Waals surface area contributed by atoms with E-state index in [4.69, 9.17) is 10.1 Å².